The second-order valence-corrected chi connectivity index (χ2v) is 9.88. The maximum atomic E-state index is 12.8. The molecule has 2 aromatic rings. The number of ether oxygens (including phenoxy) is 2. The number of aromatic nitrogens is 3. The Labute approximate surface area is 169 Å². The summed E-state index contributed by atoms with van der Waals surface area (Å²) in [6.07, 6.45) is 2.00. The van der Waals surface area contributed by atoms with Gasteiger partial charge in [0.15, 0.2) is 15.7 Å². The first-order valence-corrected chi connectivity index (χ1v) is 10.8. The van der Waals surface area contributed by atoms with E-state index in [1.807, 2.05) is 0 Å². The molecule has 29 heavy (non-hydrogen) atoms. The highest BCUT2D eigenvalue weighted by Gasteiger charge is 2.43. The molecule has 2 N–H and O–H groups in total. The molecule has 0 radical (unpaired) electrons. The molecule has 9 nitrogen and oxygen atoms in total. The van der Waals surface area contributed by atoms with Crippen LogP contribution in [0.25, 0.3) is 11.4 Å². The van der Waals surface area contributed by atoms with Crippen LogP contribution in [0.15, 0.2) is 37.1 Å². The van der Waals surface area contributed by atoms with Gasteiger partial charge in [-0.15, -0.1) is 5.10 Å². The van der Waals surface area contributed by atoms with Crippen LogP contribution in [-0.2, 0) is 19.4 Å². The summed E-state index contributed by atoms with van der Waals surface area (Å²) in [5, 5.41) is 9.18. The average molecular weight is 420 g/mol. The number of rotatable bonds is 8. The molecule has 0 saturated carbocycles. The molecule has 0 bridgehead atoms. The number of aromatic amines is 1. The van der Waals surface area contributed by atoms with E-state index < -0.39 is 20.5 Å². The number of carbonyl (C=O) groups is 1. The Balaban J connectivity index is 1.69. The predicted molar refractivity (Wildman–Crippen MR) is 108 cm³/mol. The van der Waals surface area contributed by atoms with Crippen molar-refractivity contribution in [3.63, 3.8) is 0 Å². The molecule has 0 spiro atoms. The zero-order valence-electron chi connectivity index (χ0n) is 16.3. The third-order valence-corrected chi connectivity index (χ3v) is 7.51. The van der Waals surface area contributed by atoms with Gasteiger partial charge >= 0.3 is 0 Å². The van der Waals surface area contributed by atoms with Crippen molar-refractivity contribution in [3.8, 4) is 17.1 Å². The lowest BCUT2D eigenvalue weighted by atomic mass is 10.2. The van der Waals surface area contributed by atoms with Crippen LogP contribution in [0.4, 0.5) is 5.95 Å². The van der Waals surface area contributed by atoms with E-state index in [-0.39, 0.29) is 17.6 Å². The van der Waals surface area contributed by atoms with E-state index in [1.165, 1.54) is 20.1 Å². The SMILES string of the molecule is C=COc1ccc(-c2nc(NC(=O)C(C)(C)S(=O)(=O)CC3CCOC3)n[nH]2)cc1. The molecule has 1 aromatic heterocycles. The summed E-state index contributed by atoms with van der Waals surface area (Å²) in [6.45, 7) is 7.22. The Morgan fingerprint density at radius 2 is 2.14 bits per heavy atom. The summed E-state index contributed by atoms with van der Waals surface area (Å²) in [5.74, 6) is 0.188. The van der Waals surface area contributed by atoms with Crippen LogP contribution in [-0.4, -0.2) is 53.2 Å². The van der Waals surface area contributed by atoms with Crippen molar-refractivity contribution in [1.29, 1.82) is 0 Å². The Morgan fingerprint density at radius 1 is 1.41 bits per heavy atom. The monoisotopic (exact) mass is 420 g/mol. The van der Waals surface area contributed by atoms with E-state index in [4.69, 9.17) is 9.47 Å². The molecule has 1 fully saturated rings. The maximum absolute atomic E-state index is 12.8. The van der Waals surface area contributed by atoms with Crippen molar-refractivity contribution >= 4 is 21.7 Å². The normalized spacial score (nSPS) is 17.1. The van der Waals surface area contributed by atoms with Crippen LogP contribution in [0.1, 0.15) is 20.3 Å². The fourth-order valence-electron chi connectivity index (χ4n) is 2.86. The molecule has 1 atom stereocenters. The number of H-pyrrole nitrogens is 1. The number of hydrogen-bond acceptors (Lipinski definition) is 7. The van der Waals surface area contributed by atoms with E-state index in [2.05, 4.69) is 27.1 Å². The minimum Gasteiger partial charge on any atom is -0.466 e. The standard InChI is InChI=1S/C19H24N4O5S/c1-4-28-15-7-5-14(6-8-15)16-20-18(23-22-16)21-17(24)19(2,3)29(25,26)12-13-9-10-27-11-13/h4-8,13H,1,9-12H2,2-3H3,(H2,20,21,22,23,24). The number of nitrogens with one attached hydrogen (secondary N) is 2. The highest BCUT2D eigenvalue weighted by atomic mass is 32.2. The number of sulfone groups is 1. The van der Waals surface area contributed by atoms with Crippen LogP contribution in [0.5, 0.6) is 5.75 Å². The number of benzene rings is 1. The molecule has 156 valence electrons. The zero-order valence-corrected chi connectivity index (χ0v) is 17.2. The van der Waals surface area contributed by atoms with E-state index in [0.717, 1.165) is 5.56 Å². The number of nitrogens with zero attached hydrogens (tertiary/aromatic N) is 2. The molecule has 10 heteroatoms. The third-order valence-electron chi connectivity index (χ3n) is 4.86. The molecule has 1 aliphatic rings. The van der Waals surface area contributed by atoms with E-state index in [1.54, 1.807) is 24.3 Å². The fraction of sp³-hybridized carbons (Fsp3) is 0.421. The molecular weight excluding hydrogens is 396 g/mol. The fourth-order valence-corrected chi connectivity index (χ4v) is 4.49. The summed E-state index contributed by atoms with van der Waals surface area (Å²) < 4.78 is 34.3. The molecular formula is C19H24N4O5S. The molecule has 1 aliphatic heterocycles. The topological polar surface area (TPSA) is 123 Å². The summed E-state index contributed by atoms with van der Waals surface area (Å²) >= 11 is 0. The lowest BCUT2D eigenvalue weighted by Crippen LogP contribution is -2.46. The minimum absolute atomic E-state index is 0.00360. The summed E-state index contributed by atoms with van der Waals surface area (Å²) in [6, 6.07) is 7.01. The van der Waals surface area contributed by atoms with E-state index >= 15 is 0 Å². The van der Waals surface area contributed by atoms with Crippen LogP contribution in [0.3, 0.4) is 0 Å². The average Bonchev–Trinajstić information content (AvgIpc) is 3.34. The van der Waals surface area contributed by atoms with Crippen molar-refractivity contribution in [2.24, 2.45) is 5.92 Å². The number of anilines is 1. The van der Waals surface area contributed by atoms with E-state index in [0.29, 0.717) is 31.2 Å². The van der Waals surface area contributed by atoms with Crippen LogP contribution in [0.2, 0.25) is 0 Å². The summed E-state index contributed by atoms with van der Waals surface area (Å²) in [5.41, 5.74) is 0.725. The predicted octanol–water partition coefficient (Wildman–Crippen LogP) is 2.16. The number of carbonyl (C=O) groups excluding carboxylic acids is 1. The first-order valence-electron chi connectivity index (χ1n) is 9.15. The first kappa shape index (κ1) is 21.0. The Bertz CT molecular complexity index is 976. The van der Waals surface area contributed by atoms with Gasteiger partial charge in [0.25, 0.3) is 0 Å². The summed E-state index contributed by atoms with van der Waals surface area (Å²) in [7, 11) is -3.70. The van der Waals surface area contributed by atoms with Gasteiger partial charge in [0.2, 0.25) is 11.9 Å². The molecule has 1 saturated heterocycles. The van der Waals surface area contributed by atoms with Crippen molar-refractivity contribution in [2.45, 2.75) is 25.0 Å². The van der Waals surface area contributed by atoms with Gasteiger partial charge in [-0.05, 0) is 50.5 Å². The Hall–Kier alpha value is -2.72. The molecule has 3 rings (SSSR count). The molecule has 1 amide bonds. The number of hydrogen-bond donors (Lipinski definition) is 2. The largest absolute Gasteiger partial charge is 0.466 e. The lowest BCUT2D eigenvalue weighted by Gasteiger charge is -2.24. The first-order chi connectivity index (χ1) is 13.7. The Kier molecular flexibility index (Phi) is 6.04. The number of amides is 1. The maximum Gasteiger partial charge on any atom is 0.249 e. The van der Waals surface area contributed by atoms with Gasteiger partial charge in [-0.3, -0.25) is 15.2 Å². The zero-order chi connectivity index (χ0) is 21.1. The van der Waals surface area contributed by atoms with Gasteiger partial charge in [0.1, 0.15) is 10.5 Å². The van der Waals surface area contributed by atoms with Crippen molar-refractivity contribution < 1.29 is 22.7 Å². The smallest absolute Gasteiger partial charge is 0.249 e. The quantitative estimate of drug-likeness (QED) is 0.627. The van der Waals surface area contributed by atoms with E-state index in [9.17, 15) is 13.2 Å². The van der Waals surface area contributed by atoms with Crippen molar-refractivity contribution in [3.05, 3.63) is 37.1 Å². The Morgan fingerprint density at radius 3 is 2.76 bits per heavy atom. The van der Waals surface area contributed by atoms with Gasteiger partial charge in [0.05, 0.1) is 18.6 Å². The van der Waals surface area contributed by atoms with Gasteiger partial charge in [0, 0.05) is 12.2 Å². The second-order valence-electron chi connectivity index (χ2n) is 7.29. The van der Waals surface area contributed by atoms with Crippen LogP contribution >= 0.6 is 0 Å². The third kappa shape index (κ3) is 4.65. The van der Waals surface area contributed by atoms with Crippen LogP contribution in [0, 0.1) is 5.92 Å². The molecule has 2 heterocycles. The summed E-state index contributed by atoms with van der Waals surface area (Å²) in [4.78, 5) is 16.9. The highest BCUT2D eigenvalue weighted by Crippen LogP contribution is 2.25. The van der Waals surface area contributed by atoms with Gasteiger partial charge < -0.3 is 9.47 Å². The van der Waals surface area contributed by atoms with Gasteiger partial charge in [-0.1, -0.05) is 6.58 Å². The van der Waals surface area contributed by atoms with Crippen molar-refractivity contribution in [1.82, 2.24) is 15.2 Å². The van der Waals surface area contributed by atoms with Gasteiger partial charge in [-0.25, -0.2) is 8.42 Å². The molecule has 1 unspecified atom stereocenters. The van der Waals surface area contributed by atoms with Gasteiger partial charge in [-0.2, -0.15) is 4.98 Å². The highest BCUT2D eigenvalue weighted by molar-refractivity contribution is 7.93. The van der Waals surface area contributed by atoms with Crippen LogP contribution < -0.4 is 10.1 Å². The minimum atomic E-state index is -3.70. The van der Waals surface area contributed by atoms with Crippen molar-refractivity contribution in [2.75, 3.05) is 24.3 Å². The lowest BCUT2D eigenvalue weighted by molar-refractivity contribution is -0.117. The molecule has 1 aromatic carbocycles. The molecule has 0 aliphatic carbocycles. The second kappa shape index (κ2) is 8.34.